The fourth-order valence-electron chi connectivity index (χ4n) is 4.11. The van der Waals surface area contributed by atoms with Gasteiger partial charge in [0.05, 0.1) is 5.92 Å². The highest BCUT2D eigenvalue weighted by atomic mass is 16.4. The Hall–Kier alpha value is -0.570. The third-order valence-corrected chi connectivity index (χ3v) is 6.07. The molecule has 3 nitrogen and oxygen atoms in total. The minimum atomic E-state index is -0.581. The number of carboxylic acids is 1. The van der Waals surface area contributed by atoms with Crippen LogP contribution in [-0.2, 0) is 4.79 Å². The molecule has 0 amide bonds. The fourth-order valence-corrected chi connectivity index (χ4v) is 4.11. The molecule has 0 radical (unpaired) electrons. The Balaban J connectivity index is 2.12. The van der Waals surface area contributed by atoms with Crippen molar-refractivity contribution in [3.63, 3.8) is 0 Å². The molecule has 4 unspecified atom stereocenters. The maximum absolute atomic E-state index is 11.6. The van der Waals surface area contributed by atoms with Gasteiger partial charge in [-0.15, -0.1) is 0 Å². The Morgan fingerprint density at radius 2 is 2.00 bits per heavy atom. The van der Waals surface area contributed by atoms with E-state index in [-0.39, 0.29) is 12.0 Å². The maximum atomic E-state index is 11.6. The van der Waals surface area contributed by atoms with Gasteiger partial charge in [0.25, 0.3) is 0 Å². The van der Waals surface area contributed by atoms with E-state index in [1.54, 1.807) is 0 Å². The molecule has 4 atom stereocenters. The maximum Gasteiger partial charge on any atom is 0.308 e. The van der Waals surface area contributed by atoms with Crippen molar-refractivity contribution < 1.29 is 9.90 Å². The zero-order valence-electron chi connectivity index (χ0n) is 13.6. The molecule has 2 rings (SSSR count). The Morgan fingerprint density at radius 1 is 1.30 bits per heavy atom. The highest BCUT2D eigenvalue weighted by Gasteiger charge is 2.43. The van der Waals surface area contributed by atoms with E-state index in [4.69, 9.17) is 0 Å². The first-order chi connectivity index (χ1) is 9.35. The molecule has 1 N–H and O–H groups in total. The molecular weight excluding hydrogens is 250 g/mol. The summed E-state index contributed by atoms with van der Waals surface area (Å²) < 4.78 is 0. The highest BCUT2D eigenvalue weighted by Crippen LogP contribution is 2.44. The summed E-state index contributed by atoms with van der Waals surface area (Å²) in [7, 11) is 0. The molecule has 0 aromatic rings. The number of hydrogen-bond acceptors (Lipinski definition) is 2. The summed E-state index contributed by atoms with van der Waals surface area (Å²) in [5, 5.41) is 9.55. The Bertz CT molecular complexity index is 353. The molecular formula is C17H31NO2. The van der Waals surface area contributed by atoms with E-state index in [2.05, 4.69) is 32.6 Å². The van der Waals surface area contributed by atoms with Crippen molar-refractivity contribution in [3.05, 3.63) is 0 Å². The molecule has 0 aromatic carbocycles. The van der Waals surface area contributed by atoms with Crippen molar-refractivity contribution in [2.24, 2.45) is 23.2 Å². The average molecular weight is 281 g/mol. The number of rotatable bonds is 4. The summed E-state index contributed by atoms with van der Waals surface area (Å²) in [4.78, 5) is 14.1. The fraction of sp³-hybridized carbons (Fsp3) is 0.941. The number of hydrogen-bond donors (Lipinski definition) is 1. The molecule has 2 fully saturated rings. The lowest BCUT2D eigenvalue weighted by Gasteiger charge is -2.45. The standard InChI is InChI=1S/C17H31NO2/c1-5-17(3,4)13-6-7-14(16(19)20)15(10-13)18-9-8-12(2)11-18/h12-15H,5-11H2,1-4H3,(H,19,20). The summed E-state index contributed by atoms with van der Waals surface area (Å²) in [6.45, 7) is 11.4. The van der Waals surface area contributed by atoms with Gasteiger partial charge in [-0.1, -0.05) is 34.1 Å². The van der Waals surface area contributed by atoms with Crippen molar-refractivity contribution in [3.8, 4) is 0 Å². The molecule has 3 heteroatoms. The van der Waals surface area contributed by atoms with Crippen molar-refractivity contribution in [2.75, 3.05) is 13.1 Å². The van der Waals surface area contributed by atoms with E-state index in [0.717, 1.165) is 38.3 Å². The smallest absolute Gasteiger partial charge is 0.308 e. The van der Waals surface area contributed by atoms with Crippen LogP contribution in [0, 0.1) is 23.2 Å². The van der Waals surface area contributed by atoms with Gasteiger partial charge in [0.1, 0.15) is 0 Å². The predicted molar refractivity (Wildman–Crippen MR) is 81.7 cm³/mol. The van der Waals surface area contributed by atoms with Crippen molar-refractivity contribution >= 4 is 5.97 Å². The van der Waals surface area contributed by atoms with Gasteiger partial charge in [0, 0.05) is 12.6 Å². The third-order valence-electron chi connectivity index (χ3n) is 6.07. The third kappa shape index (κ3) is 3.19. The van der Waals surface area contributed by atoms with Crippen LogP contribution in [0.25, 0.3) is 0 Å². The lowest BCUT2D eigenvalue weighted by Crippen LogP contribution is -2.48. The molecule has 20 heavy (non-hydrogen) atoms. The van der Waals surface area contributed by atoms with E-state index in [0.29, 0.717) is 11.3 Å². The summed E-state index contributed by atoms with van der Waals surface area (Å²) in [5.41, 5.74) is 0.340. The topological polar surface area (TPSA) is 40.5 Å². The zero-order chi connectivity index (χ0) is 14.9. The van der Waals surface area contributed by atoms with Crippen LogP contribution in [0.5, 0.6) is 0 Å². The quantitative estimate of drug-likeness (QED) is 0.855. The molecule has 2 aliphatic rings. The molecule has 116 valence electrons. The van der Waals surface area contributed by atoms with E-state index < -0.39 is 5.97 Å². The van der Waals surface area contributed by atoms with E-state index in [9.17, 15) is 9.90 Å². The summed E-state index contributed by atoms with van der Waals surface area (Å²) in [6, 6.07) is 0.266. The molecule has 0 spiro atoms. The molecule has 0 aromatic heterocycles. The highest BCUT2D eigenvalue weighted by molar-refractivity contribution is 5.71. The molecule has 1 aliphatic carbocycles. The first-order valence-corrected chi connectivity index (χ1v) is 8.32. The zero-order valence-corrected chi connectivity index (χ0v) is 13.6. The minimum absolute atomic E-state index is 0.149. The van der Waals surface area contributed by atoms with Crippen molar-refractivity contribution in [1.29, 1.82) is 0 Å². The van der Waals surface area contributed by atoms with Crippen LogP contribution in [0.1, 0.15) is 59.8 Å². The predicted octanol–water partition coefficient (Wildman–Crippen LogP) is 3.63. The van der Waals surface area contributed by atoms with Crippen LogP contribution in [0.4, 0.5) is 0 Å². The van der Waals surface area contributed by atoms with Crippen LogP contribution < -0.4 is 0 Å². The molecule has 1 saturated heterocycles. The van der Waals surface area contributed by atoms with Gasteiger partial charge in [-0.05, 0) is 49.5 Å². The van der Waals surface area contributed by atoms with Gasteiger partial charge in [0.15, 0.2) is 0 Å². The van der Waals surface area contributed by atoms with Gasteiger partial charge >= 0.3 is 5.97 Å². The van der Waals surface area contributed by atoms with E-state index in [1.807, 2.05) is 0 Å². The van der Waals surface area contributed by atoms with Gasteiger partial charge in [0.2, 0.25) is 0 Å². The van der Waals surface area contributed by atoms with Crippen LogP contribution in [0.15, 0.2) is 0 Å². The van der Waals surface area contributed by atoms with E-state index >= 15 is 0 Å². The second-order valence-corrected chi connectivity index (χ2v) is 7.75. The van der Waals surface area contributed by atoms with E-state index in [1.165, 1.54) is 12.8 Å². The van der Waals surface area contributed by atoms with Crippen LogP contribution in [-0.4, -0.2) is 35.1 Å². The lowest BCUT2D eigenvalue weighted by molar-refractivity contribution is -0.146. The van der Waals surface area contributed by atoms with Gasteiger partial charge in [-0.3, -0.25) is 9.69 Å². The first kappa shape index (κ1) is 15.8. The summed E-state index contributed by atoms with van der Waals surface area (Å²) in [5.74, 6) is 0.666. The molecule has 1 heterocycles. The van der Waals surface area contributed by atoms with Crippen molar-refractivity contribution in [2.45, 2.75) is 65.8 Å². The Labute approximate surface area is 123 Å². The molecule has 0 bridgehead atoms. The van der Waals surface area contributed by atoms with Crippen LogP contribution in [0.3, 0.4) is 0 Å². The molecule has 1 saturated carbocycles. The number of carbonyl (C=O) groups is 1. The van der Waals surface area contributed by atoms with Gasteiger partial charge in [-0.25, -0.2) is 0 Å². The Kier molecular flexibility index (Phi) is 4.78. The van der Waals surface area contributed by atoms with Gasteiger partial charge < -0.3 is 5.11 Å². The minimum Gasteiger partial charge on any atom is -0.481 e. The second kappa shape index (κ2) is 6.05. The second-order valence-electron chi connectivity index (χ2n) is 7.75. The van der Waals surface area contributed by atoms with Crippen LogP contribution >= 0.6 is 0 Å². The lowest BCUT2D eigenvalue weighted by atomic mass is 9.65. The summed E-state index contributed by atoms with van der Waals surface area (Å²) >= 11 is 0. The number of carboxylic acid groups (broad SMARTS) is 1. The summed E-state index contributed by atoms with van der Waals surface area (Å²) in [6.07, 6.45) is 5.42. The SMILES string of the molecule is CCC(C)(C)C1CCC(C(=O)O)C(N2CCC(C)C2)C1. The number of likely N-dealkylation sites (tertiary alicyclic amines) is 1. The number of aliphatic carboxylic acids is 1. The average Bonchev–Trinajstić information content (AvgIpc) is 2.84. The normalized spacial score (nSPS) is 36.2. The Morgan fingerprint density at radius 3 is 2.50 bits per heavy atom. The largest absolute Gasteiger partial charge is 0.481 e. The molecule has 1 aliphatic heterocycles. The van der Waals surface area contributed by atoms with Crippen LogP contribution in [0.2, 0.25) is 0 Å². The number of nitrogens with zero attached hydrogens (tertiary/aromatic N) is 1. The monoisotopic (exact) mass is 281 g/mol. The van der Waals surface area contributed by atoms with Gasteiger partial charge in [-0.2, -0.15) is 0 Å². The van der Waals surface area contributed by atoms with Crippen molar-refractivity contribution in [1.82, 2.24) is 4.90 Å². The first-order valence-electron chi connectivity index (χ1n) is 8.32.